The van der Waals surface area contributed by atoms with Gasteiger partial charge in [0.2, 0.25) is 5.75 Å². The van der Waals surface area contributed by atoms with Crippen molar-refractivity contribution in [2.45, 2.75) is 0 Å². The number of nitrogens with one attached hydrogen (secondary N) is 1. The van der Waals surface area contributed by atoms with E-state index in [1.165, 1.54) is 25.4 Å². The van der Waals surface area contributed by atoms with Gasteiger partial charge in [0.15, 0.2) is 0 Å². The number of H-pyrrole nitrogens is 1. The molecule has 1 aromatic carbocycles. The van der Waals surface area contributed by atoms with Gasteiger partial charge in [-0.05, 0) is 23.8 Å². The van der Waals surface area contributed by atoms with Crippen LogP contribution in [0, 0.1) is 0 Å². The molecule has 2 rings (SSSR count). The molecule has 2 aromatic rings. The topological polar surface area (TPSA) is 92.3 Å². The summed E-state index contributed by atoms with van der Waals surface area (Å²) in [5.74, 6) is -0.693. The molecule has 0 spiro atoms. The van der Waals surface area contributed by atoms with Crippen LogP contribution in [-0.2, 0) is 0 Å². The van der Waals surface area contributed by atoms with Gasteiger partial charge in [0.1, 0.15) is 5.82 Å². The first-order valence-electron chi connectivity index (χ1n) is 5.86. The Kier molecular flexibility index (Phi) is 4.39. The van der Waals surface area contributed by atoms with Crippen LogP contribution in [0.3, 0.4) is 0 Å². The van der Waals surface area contributed by atoms with Crippen LogP contribution in [0.1, 0.15) is 21.7 Å². The summed E-state index contributed by atoms with van der Waals surface area (Å²) in [6.45, 7) is 0. The SMILES string of the molecule is COc1cnc(C=Cc2cccc(C(=O)O)c2Cl)[nH]c1=O. The molecule has 108 valence electrons. The molecule has 0 fully saturated rings. The molecular weight excluding hydrogens is 296 g/mol. The van der Waals surface area contributed by atoms with Gasteiger partial charge >= 0.3 is 5.97 Å². The second-order valence-corrected chi connectivity index (χ2v) is 4.39. The van der Waals surface area contributed by atoms with E-state index >= 15 is 0 Å². The van der Waals surface area contributed by atoms with Crippen LogP contribution in [0.5, 0.6) is 5.75 Å². The number of hydrogen-bond acceptors (Lipinski definition) is 4. The average molecular weight is 307 g/mol. The zero-order valence-electron chi connectivity index (χ0n) is 11.0. The predicted molar refractivity (Wildman–Crippen MR) is 78.7 cm³/mol. The van der Waals surface area contributed by atoms with Crippen molar-refractivity contribution in [3.8, 4) is 5.75 Å². The number of halogens is 1. The predicted octanol–water partition coefficient (Wildman–Crippen LogP) is 2.30. The maximum atomic E-state index is 11.5. The van der Waals surface area contributed by atoms with E-state index in [4.69, 9.17) is 21.4 Å². The van der Waals surface area contributed by atoms with Crippen molar-refractivity contribution in [2.24, 2.45) is 0 Å². The number of aromatic carboxylic acids is 1. The van der Waals surface area contributed by atoms with Crippen molar-refractivity contribution < 1.29 is 14.6 Å². The third kappa shape index (κ3) is 3.29. The number of carboxylic acids is 1. The second kappa shape index (κ2) is 6.23. The Labute approximate surface area is 124 Å². The van der Waals surface area contributed by atoms with Gasteiger partial charge in [0.25, 0.3) is 5.56 Å². The molecule has 1 aromatic heterocycles. The van der Waals surface area contributed by atoms with E-state index < -0.39 is 11.5 Å². The fourth-order valence-corrected chi connectivity index (χ4v) is 1.91. The van der Waals surface area contributed by atoms with Crippen molar-refractivity contribution in [3.05, 3.63) is 56.7 Å². The first-order chi connectivity index (χ1) is 10.0. The quantitative estimate of drug-likeness (QED) is 0.904. The maximum absolute atomic E-state index is 11.5. The summed E-state index contributed by atoms with van der Waals surface area (Å²) in [4.78, 5) is 29.0. The maximum Gasteiger partial charge on any atom is 0.337 e. The zero-order chi connectivity index (χ0) is 15.4. The van der Waals surface area contributed by atoms with Crippen LogP contribution in [0.25, 0.3) is 12.2 Å². The van der Waals surface area contributed by atoms with Gasteiger partial charge in [0, 0.05) is 0 Å². The summed E-state index contributed by atoms with van der Waals surface area (Å²) in [6, 6.07) is 4.65. The van der Waals surface area contributed by atoms with Crippen LogP contribution in [0.2, 0.25) is 5.02 Å². The third-order valence-electron chi connectivity index (χ3n) is 2.69. The molecule has 0 bridgehead atoms. The first kappa shape index (κ1) is 14.8. The van der Waals surface area contributed by atoms with Gasteiger partial charge in [-0.15, -0.1) is 0 Å². The Hall–Kier alpha value is -2.60. The first-order valence-corrected chi connectivity index (χ1v) is 6.24. The van der Waals surface area contributed by atoms with Crippen LogP contribution in [-0.4, -0.2) is 28.2 Å². The molecule has 0 radical (unpaired) electrons. The third-order valence-corrected chi connectivity index (χ3v) is 3.11. The molecule has 0 amide bonds. The molecule has 0 unspecified atom stereocenters. The molecule has 0 aliphatic rings. The van der Waals surface area contributed by atoms with Gasteiger partial charge in [-0.2, -0.15) is 0 Å². The monoisotopic (exact) mass is 306 g/mol. The van der Waals surface area contributed by atoms with Gasteiger partial charge < -0.3 is 14.8 Å². The van der Waals surface area contributed by atoms with E-state index in [0.29, 0.717) is 11.4 Å². The van der Waals surface area contributed by atoms with Crippen LogP contribution in [0.15, 0.2) is 29.2 Å². The zero-order valence-corrected chi connectivity index (χ0v) is 11.7. The standard InChI is InChI=1S/C14H11ClN2O4/c1-21-10-7-16-11(17-13(10)18)6-5-8-3-2-4-9(12(8)15)14(19)20/h2-7H,1H3,(H,19,20)(H,16,17,18). The highest BCUT2D eigenvalue weighted by molar-refractivity contribution is 6.35. The number of carboxylic acid groups (broad SMARTS) is 1. The molecule has 0 atom stereocenters. The van der Waals surface area contributed by atoms with E-state index in [9.17, 15) is 9.59 Å². The minimum atomic E-state index is -1.11. The Balaban J connectivity index is 2.34. The lowest BCUT2D eigenvalue weighted by atomic mass is 10.1. The molecule has 21 heavy (non-hydrogen) atoms. The number of rotatable bonds is 4. The summed E-state index contributed by atoms with van der Waals surface area (Å²) >= 11 is 6.00. The van der Waals surface area contributed by atoms with E-state index in [1.807, 2.05) is 0 Å². The summed E-state index contributed by atoms with van der Waals surface area (Å²) in [5, 5.41) is 9.11. The summed E-state index contributed by atoms with van der Waals surface area (Å²) in [7, 11) is 1.37. The van der Waals surface area contributed by atoms with Crippen molar-refractivity contribution in [3.63, 3.8) is 0 Å². The lowest BCUT2D eigenvalue weighted by Crippen LogP contribution is -2.11. The number of carbonyl (C=O) groups is 1. The minimum Gasteiger partial charge on any atom is -0.490 e. The van der Waals surface area contributed by atoms with Crippen LogP contribution in [0.4, 0.5) is 0 Å². The molecule has 1 heterocycles. The largest absolute Gasteiger partial charge is 0.490 e. The molecule has 0 aliphatic heterocycles. The Bertz CT molecular complexity index is 768. The summed E-state index contributed by atoms with van der Waals surface area (Å²) in [6.07, 6.45) is 4.39. The fraction of sp³-hybridized carbons (Fsp3) is 0.0714. The number of ether oxygens (including phenoxy) is 1. The van der Waals surface area contributed by atoms with E-state index in [-0.39, 0.29) is 16.3 Å². The van der Waals surface area contributed by atoms with Gasteiger partial charge in [0.05, 0.1) is 23.9 Å². The Morgan fingerprint density at radius 1 is 1.43 bits per heavy atom. The smallest absolute Gasteiger partial charge is 0.337 e. The molecule has 0 saturated heterocycles. The average Bonchev–Trinajstić information content (AvgIpc) is 2.46. The lowest BCUT2D eigenvalue weighted by molar-refractivity contribution is 0.0697. The number of benzene rings is 1. The summed E-state index contributed by atoms with van der Waals surface area (Å²) < 4.78 is 4.81. The lowest BCUT2D eigenvalue weighted by Gasteiger charge is -2.02. The fourth-order valence-electron chi connectivity index (χ4n) is 1.64. The molecule has 0 aliphatic carbocycles. The Morgan fingerprint density at radius 3 is 2.81 bits per heavy atom. The Morgan fingerprint density at radius 2 is 2.19 bits per heavy atom. The number of nitrogens with zero attached hydrogens (tertiary/aromatic N) is 1. The van der Waals surface area contributed by atoms with Crippen LogP contribution >= 0.6 is 11.6 Å². The van der Waals surface area contributed by atoms with E-state index in [1.54, 1.807) is 18.2 Å². The van der Waals surface area contributed by atoms with Crippen molar-refractivity contribution >= 4 is 29.7 Å². The van der Waals surface area contributed by atoms with Crippen molar-refractivity contribution in [2.75, 3.05) is 7.11 Å². The number of aromatic nitrogens is 2. The normalized spacial score (nSPS) is 10.8. The summed E-state index contributed by atoms with van der Waals surface area (Å²) in [5.41, 5.74) is 0.113. The molecule has 2 N–H and O–H groups in total. The highest BCUT2D eigenvalue weighted by Crippen LogP contribution is 2.22. The number of aromatic amines is 1. The molecular formula is C14H11ClN2O4. The second-order valence-electron chi connectivity index (χ2n) is 4.01. The van der Waals surface area contributed by atoms with Crippen molar-refractivity contribution in [1.29, 1.82) is 0 Å². The number of methoxy groups -OCH3 is 1. The van der Waals surface area contributed by atoms with E-state index in [2.05, 4.69) is 9.97 Å². The van der Waals surface area contributed by atoms with Crippen LogP contribution < -0.4 is 10.3 Å². The highest BCUT2D eigenvalue weighted by Gasteiger charge is 2.10. The van der Waals surface area contributed by atoms with Gasteiger partial charge in [-0.25, -0.2) is 9.78 Å². The molecule has 7 heteroatoms. The molecule has 6 nitrogen and oxygen atoms in total. The minimum absolute atomic E-state index is 0.00926. The number of hydrogen-bond donors (Lipinski definition) is 2. The van der Waals surface area contributed by atoms with Crippen molar-refractivity contribution in [1.82, 2.24) is 9.97 Å². The van der Waals surface area contributed by atoms with Gasteiger partial charge in [-0.3, -0.25) is 4.79 Å². The van der Waals surface area contributed by atoms with E-state index in [0.717, 1.165) is 0 Å². The molecule has 0 saturated carbocycles. The highest BCUT2D eigenvalue weighted by atomic mass is 35.5. The van der Waals surface area contributed by atoms with Gasteiger partial charge in [-0.1, -0.05) is 23.7 Å².